The summed E-state index contributed by atoms with van der Waals surface area (Å²) < 4.78 is 26.0. The predicted octanol–water partition coefficient (Wildman–Crippen LogP) is 2.39. The van der Waals surface area contributed by atoms with Crippen molar-refractivity contribution in [2.45, 2.75) is 37.8 Å². The van der Waals surface area contributed by atoms with E-state index < -0.39 is 23.8 Å². The van der Waals surface area contributed by atoms with Crippen molar-refractivity contribution < 1.29 is 18.7 Å². The maximum absolute atomic E-state index is 13.3. The molecular weight excluding hydrogens is 254 g/mol. The van der Waals surface area contributed by atoms with E-state index in [2.05, 4.69) is 10.6 Å². The molecule has 19 heavy (non-hydrogen) atoms. The van der Waals surface area contributed by atoms with Crippen molar-refractivity contribution >= 4 is 11.7 Å². The van der Waals surface area contributed by atoms with Gasteiger partial charge in [0.1, 0.15) is 11.6 Å². The Labute approximate surface area is 109 Å². The lowest BCUT2D eigenvalue weighted by molar-refractivity contribution is 0.0955. The maximum atomic E-state index is 13.3. The number of rotatable bonds is 2. The first kappa shape index (κ1) is 13.7. The van der Waals surface area contributed by atoms with Gasteiger partial charge in [0.15, 0.2) is 0 Å². The number of nitrogens with one attached hydrogen (secondary N) is 2. The quantitative estimate of drug-likeness (QED) is 0.772. The second kappa shape index (κ2) is 5.97. The number of benzene rings is 1. The largest absolute Gasteiger partial charge is 0.391 e. The number of hydrogen-bond acceptors (Lipinski definition) is 2. The Kier molecular flexibility index (Phi) is 4.31. The van der Waals surface area contributed by atoms with Crippen LogP contribution in [-0.4, -0.2) is 23.3 Å². The molecule has 6 heteroatoms. The highest BCUT2D eigenvalue weighted by Crippen LogP contribution is 2.19. The maximum Gasteiger partial charge on any atom is 0.319 e. The van der Waals surface area contributed by atoms with Crippen molar-refractivity contribution in [1.82, 2.24) is 5.32 Å². The van der Waals surface area contributed by atoms with Gasteiger partial charge in [-0.05, 0) is 25.0 Å². The molecule has 0 radical (unpaired) electrons. The minimum absolute atomic E-state index is 0.0933. The molecule has 1 aliphatic rings. The van der Waals surface area contributed by atoms with Crippen LogP contribution < -0.4 is 10.6 Å². The summed E-state index contributed by atoms with van der Waals surface area (Å²) in [4.78, 5) is 11.7. The SMILES string of the molecule is O=C(Nc1ccc(F)cc1F)N[C@@H]1CCCC[C@@H]1O. The number of amides is 2. The van der Waals surface area contributed by atoms with Gasteiger partial charge >= 0.3 is 6.03 Å². The topological polar surface area (TPSA) is 61.4 Å². The number of urea groups is 1. The number of aliphatic hydroxyl groups excluding tert-OH is 1. The van der Waals surface area contributed by atoms with Crippen molar-refractivity contribution in [1.29, 1.82) is 0 Å². The van der Waals surface area contributed by atoms with E-state index in [1.807, 2.05) is 0 Å². The summed E-state index contributed by atoms with van der Waals surface area (Å²) in [6, 6.07) is 1.99. The first-order valence-electron chi connectivity index (χ1n) is 6.27. The van der Waals surface area contributed by atoms with E-state index in [9.17, 15) is 18.7 Å². The average molecular weight is 270 g/mol. The van der Waals surface area contributed by atoms with Crippen LogP contribution in [0.1, 0.15) is 25.7 Å². The highest BCUT2D eigenvalue weighted by molar-refractivity contribution is 5.89. The molecule has 0 bridgehead atoms. The first-order valence-corrected chi connectivity index (χ1v) is 6.27. The van der Waals surface area contributed by atoms with Gasteiger partial charge in [-0.25, -0.2) is 13.6 Å². The van der Waals surface area contributed by atoms with Crippen LogP contribution in [0.3, 0.4) is 0 Å². The number of carbonyl (C=O) groups excluding carboxylic acids is 1. The summed E-state index contributed by atoms with van der Waals surface area (Å²) in [5.41, 5.74) is -0.0933. The van der Waals surface area contributed by atoms with Crippen molar-refractivity contribution in [3.63, 3.8) is 0 Å². The molecule has 1 saturated carbocycles. The van der Waals surface area contributed by atoms with Crippen LogP contribution in [0.5, 0.6) is 0 Å². The van der Waals surface area contributed by atoms with Gasteiger partial charge in [0.05, 0.1) is 17.8 Å². The summed E-state index contributed by atoms with van der Waals surface area (Å²) in [6.45, 7) is 0. The summed E-state index contributed by atoms with van der Waals surface area (Å²) in [7, 11) is 0. The Morgan fingerprint density at radius 2 is 2.00 bits per heavy atom. The molecule has 0 spiro atoms. The van der Waals surface area contributed by atoms with Crippen LogP contribution in [0, 0.1) is 11.6 Å². The fourth-order valence-corrected chi connectivity index (χ4v) is 2.20. The smallest absolute Gasteiger partial charge is 0.319 e. The van der Waals surface area contributed by atoms with Crippen LogP contribution in [0.15, 0.2) is 18.2 Å². The molecule has 2 amide bonds. The number of aliphatic hydroxyl groups is 1. The van der Waals surface area contributed by atoms with Crippen LogP contribution in [0.25, 0.3) is 0 Å². The minimum atomic E-state index is -0.834. The third-order valence-corrected chi connectivity index (χ3v) is 3.23. The van der Waals surface area contributed by atoms with E-state index in [4.69, 9.17) is 0 Å². The predicted molar refractivity (Wildman–Crippen MR) is 66.8 cm³/mol. The Balaban J connectivity index is 1.93. The molecule has 2 rings (SSSR count). The molecule has 1 aromatic carbocycles. The second-order valence-corrected chi connectivity index (χ2v) is 4.68. The lowest BCUT2D eigenvalue weighted by Crippen LogP contribution is -2.46. The van der Waals surface area contributed by atoms with Gasteiger partial charge in [0, 0.05) is 6.07 Å². The van der Waals surface area contributed by atoms with Crippen LogP contribution in [0.2, 0.25) is 0 Å². The zero-order valence-corrected chi connectivity index (χ0v) is 10.3. The molecule has 4 nitrogen and oxygen atoms in total. The summed E-state index contributed by atoms with van der Waals surface area (Å²) in [5.74, 6) is -1.54. The highest BCUT2D eigenvalue weighted by Gasteiger charge is 2.24. The molecule has 104 valence electrons. The molecule has 2 atom stereocenters. The molecule has 0 aliphatic heterocycles. The summed E-state index contributed by atoms with van der Waals surface area (Å²) in [5, 5.41) is 14.6. The van der Waals surface area contributed by atoms with Gasteiger partial charge in [-0.15, -0.1) is 0 Å². The lowest BCUT2D eigenvalue weighted by atomic mass is 9.93. The number of halogens is 2. The van der Waals surface area contributed by atoms with E-state index in [0.717, 1.165) is 25.0 Å². The number of carbonyl (C=O) groups is 1. The number of anilines is 1. The Morgan fingerprint density at radius 3 is 2.68 bits per heavy atom. The van der Waals surface area contributed by atoms with Gasteiger partial charge in [-0.2, -0.15) is 0 Å². The summed E-state index contributed by atoms with van der Waals surface area (Å²) in [6.07, 6.45) is 2.65. The molecule has 1 fully saturated rings. The third-order valence-electron chi connectivity index (χ3n) is 3.23. The fourth-order valence-electron chi connectivity index (χ4n) is 2.20. The van der Waals surface area contributed by atoms with E-state index in [1.54, 1.807) is 0 Å². The molecule has 0 heterocycles. The van der Waals surface area contributed by atoms with Crippen LogP contribution in [0.4, 0.5) is 19.3 Å². The number of hydrogen-bond donors (Lipinski definition) is 3. The van der Waals surface area contributed by atoms with Gasteiger partial charge in [-0.3, -0.25) is 0 Å². The van der Waals surface area contributed by atoms with Crippen molar-refractivity contribution in [3.8, 4) is 0 Å². The molecule has 0 unspecified atom stereocenters. The monoisotopic (exact) mass is 270 g/mol. The Bertz CT molecular complexity index is 468. The van der Waals surface area contributed by atoms with E-state index in [1.165, 1.54) is 0 Å². The zero-order valence-electron chi connectivity index (χ0n) is 10.3. The Hall–Kier alpha value is -1.69. The highest BCUT2D eigenvalue weighted by atomic mass is 19.1. The normalized spacial score (nSPS) is 22.9. The Morgan fingerprint density at radius 1 is 1.26 bits per heavy atom. The molecular formula is C13H16F2N2O2. The second-order valence-electron chi connectivity index (χ2n) is 4.68. The lowest BCUT2D eigenvalue weighted by Gasteiger charge is -2.28. The average Bonchev–Trinajstić information content (AvgIpc) is 2.36. The van der Waals surface area contributed by atoms with Gasteiger partial charge in [-0.1, -0.05) is 12.8 Å². The van der Waals surface area contributed by atoms with Crippen molar-refractivity contribution in [2.75, 3.05) is 5.32 Å². The van der Waals surface area contributed by atoms with Crippen LogP contribution >= 0.6 is 0 Å². The third kappa shape index (κ3) is 3.64. The van der Waals surface area contributed by atoms with Gasteiger partial charge in [0.25, 0.3) is 0 Å². The standard InChI is InChI=1S/C13H16F2N2O2/c14-8-5-6-10(9(15)7-8)16-13(19)17-11-3-1-2-4-12(11)18/h5-7,11-12,18H,1-4H2,(H2,16,17,19)/t11-,12+/m1/s1. The molecule has 0 aromatic heterocycles. The zero-order chi connectivity index (χ0) is 13.8. The fraction of sp³-hybridized carbons (Fsp3) is 0.462. The molecule has 1 aromatic rings. The van der Waals surface area contributed by atoms with E-state index in [-0.39, 0.29) is 11.7 Å². The molecule has 1 aliphatic carbocycles. The minimum Gasteiger partial charge on any atom is -0.391 e. The van der Waals surface area contributed by atoms with Crippen molar-refractivity contribution in [2.24, 2.45) is 0 Å². The first-order chi connectivity index (χ1) is 9.06. The van der Waals surface area contributed by atoms with E-state index >= 15 is 0 Å². The van der Waals surface area contributed by atoms with Crippen molar-refractivity contribution in [3.05, 3.63) is 29.8 Å². The van der Waals surface area contributed by atoms with Gasteiger partial charge < -0.3 is 15.7 Å². The molecule has 0 saturated heterocycles. The van der Waals surface area contributed by atoms with E-state index in [0.29, 0.717) is 18.9 Å². The van der Waals surface area contributed by atoms with Gasteiger partial charge in [0.2, 0.25) is 0 Å². The summed E-state index contributed by atoms with van der Waals surface area (Å²) >= 11 is 0. The molecule has 3 N–H and O–H groups in total. The van der Waals surface area contributed by atoms with Crippen LogP contribution in [-0.2, 0) is 0 Å².